The molecular formula is C13H16BrN5O. The van der Waals surface area contributed by atoms with Gasteiger partial charge < -0.3 is 10.2 Å². The second-order valence-electron chi connectivity index (χ2n) is 4.60. The van der Waals surface area contributed by atoms with Gasteiger partial charge in [0.15, 0.2) is 5.82 Å². The van der Waals surface area contributed by atoms with E-state index in [9.17, 15) is 0 Å². The molecule has 0 aliphatic carbocycles. The van der Waals surface area contributed by atoms with Gasteiger partial charge >= 0.3 is 0 Å². The maximum Gasteiger partial charge on any atom is 0.227 e. The Hall–Kier alpha value is -1.73. The second kappa shape index (κ2) is 6.15. The van der Waals surface area contributed by atoms with Crippen LogP contribution in [0.4, 0.5) is 5.82 Å². The largest absolute Gasteiger partial charge is 0.437 e. The van der Waals surface area contributed by atoms with Gasteiger partial charge in [0.2, 0.25) is 5.88 Å². The zero-order valence-electron chi connectivity index (χ0n) is 11.5. The molecule has 0 spiro atoms. The van der Waals surface area contributed by atoms with Crippen molar-refractivity contribution in [2.45, 2.75) is 26.7 Å². The zero-order valence-corrected chi connectivity index (χ0v) is 13.1. The van der Waals surface area contributed by atoms with Gasteiger partial charge in [0.1, 0.15) is 11.6 Å². The number of nitrogens with one attached hydrogen (secondary N) is 1. The predicted molar refractivity (Wildman–Crippen MR) is 80.7 cm³/mol. The fourth-order valence-corrected chi connectivity index (χ4v) is 1.91. The van der Waals surface area contributed by atoms with Crippen LogP contribution in [-0.2, 0) is 0 Å². The number of anilines is 1. The molecule has 0 bridgehead atoms. The number of nitrogens with zero attached hydrogens (tertiary/aromatic N) is 3. The zero-order chi connectivity index (χ0) is 14.7. The van der Waals surface area contributed by atoms with E-state index in [1.807, 2.05) is 26.8 Å². The minimum Gasteiger partial charge on any atom is -0.437 e. The van der Waals surface area contributed by atoms with Crippen LogP contribution < -0.4 is 16.0 Å². The Morgan fingerprint density at radius 1 is 1.30 bits per heavy atom. The van der Waals surface area contributed by atoms with Gasteiger partial charge in [-0.25, -0.2) is 10.8 Å². The lowest BCUT2D eigenvalue weighted by atomic mass is 10.2. The first-order valence-corrected chi connectivity index (χ1v) is 6.94. The molecule has 2 aromatic rings. The van der Waals surface area contributed by atoms with Crippen LogP contribution in [-0.4, -0.2) is 15.0 Å². The molecule has 7 heteroatoms. The lowest BCUT2D eigenvalue weighted by Gasteiger charge is -2.14. The predicted octanol–water partition coefficient (Wildman–Crippen LogP) is 3.14. The molecule has 106 valence electrons. The van der Waals surface area contributed by atoms with Crippen LogP contribution in [0.25, 0.3) is 0 Å². The quantitative estimate of drug-likeness (QED) is 0.658. The molecule has 0 amide bonds. The highest BCUT2D eigenvalue weighted by atomic mass is 79.9. The molecule has 0 fully saturated rings. The molecule has 3 N–H and O–H groups in total. The number of nitrogen functional groups attached to an aromatic ring is 1. The van der Waals surface area contributed by atoms with E-state index in [2.05, 4.69) is 36.3 Å². The van der Waals surface area contributed by atoms with Crippen molar-refractivity contribution in [2.75, 3.05) is 5.43 Å². The third kappa shape index (κ3) is 3.23. The maximum atomic E-state index is 5.78. The first kappa shape index (κ1) is 14.7. The number of aromatic nitrogens is 3. The number of hydrogen-bond donors (Lipinski definition) is 2. The van der Waals surface area contributed by atoms with Crippen molar-refractivity contribution < 1.29 is 4.74 Å². The highest BCUT2D eigenvalue weighted by molar-refractivity contribution is 9.10. The van der Waals surface area contributed by atoms with E-state index < -0.39 is 0 Å². The molecule has 0 aliphatic rings. The van der Waals surface area contributed by atoms with Gasteiger partial charge in [0.05, 0.1) is 11.8 Å². The summed E-state index contributed by atoms with van der Waals surface area (Å²) < 4.78 is 6.62. The summed E-state index contributed by atoms with van der Waals surface area (Å²) in [6.07, 6.45) is 3.31. The fraction of sp³-hybridized carbons (Fsp3) is 0.308. The minimum atomic E-state index is 0.172. The number of halogens is 1. The van der Waals surface area contributed by atoms with Gasteiger partial charge in [-0.3, -0.25) is 4.98 Å². The standard InChI is InChI=1S/C13H16BrN5O/c1-7(2)11-17-12(19-15)8(3)13(18-11)20-10-4-9(14)5-16-6-10/h4-7H,15H2,1-3H3,(H,17,18,19). The van der Waals surface area contributed by atoms with Gasteiger partial charge in [-0.15, -0.1) is 0 Å². The van der Waals surface area contributed by atoms with Crippen LogP contribution in [0, 0.1) is 6.92 Å². The summed E-state index contributed by atoms with van der Waals surface area (Å²) in [4.78, 5) is 12.8. The van der Waals surface area contributed by atoms with Gasteiger partial charge in [0, 0.05) is 16.6 Å². The molecule has 0 unspecified atom stereocenters. The third-order valence-electron chi connectivity index (χ3n) is 2.67. The third-order valence-corrected chi connectivity index (χ3v) is 3.10. The number of rotatable bonds is 4. The molecule has 2 heterocycles. The van der Waals surface area contributed by atoms with E-state index in [1.54, 1.807) is 12.4 Å². The Kier molecular flexibility index (Phi) is 4.51. The molecular weight excluding hydrogens is 322 g/mol. The van der Waals surface area contributed by atoms with E-state index in [0.29, 0.717) is 23.3 Å². The monoisotopic (exact) mass is 337 g/mol. The first-order chi connectivity index (χ1) is 9.51. The van der Waals surface area contributed by atoms with Crippen LogP contribution in [0.1, 0.15) is 31.2 Å². The topological polar surface area (TPSA) is 86.0 Å². The smallest absolute Gasteiger partial charge is 0.227 e. The van der Waals surface area contributed by atoms with Crippen molar-refractivity contribution in [2.24, 2.45) is 5.84 Å². The van der Waals surface area contributed by atoms with E-state index in [-0.39, 0.29) is 5.92 Å². The van der Waals surface area contributed by atoms with Gasteiger partial charge in [-0.05, 0) is 28.9 Å². The Labute approximate surface area is 125 Å². The molecule has 2 aromatic heterocycles. The summed E-state index contributed by atoms with van der Waals surface area (Å²) in [5.74, 6) is 7.95. The molecule has 20 heavy (non-hydrogen) atoms. The summed E-state index contributed by atoms with van der Waals surface area (Å²) in [5.41, 5.74) is 3.32. The average Bonchev–Trinajstić information content (AvgIpc) is 2.41. The highest BCUT2D eigenvalue weighted by Gasteiger charge is 2.14. The van der Waals surface area contributed by atoms with Crippen LogP contribution in [0.2, 0.25) is 0 Å². The Balaban J connectivity index is 2.42. The normalized spacial score (nSPS) is 10.7. The molecule has 0 aliphatic heterocycles. The Bertz CT molecular complexity index is 618. The molecule has 0 atom stereocenters. The van der Waals surface area contributed by atoms with Crippen LogP contribution in [0.15, 0.2) is 22.9 Å². The van der Waals surface area contributed by atoms with Crippen molar-refractivity contribution >= 4 is 21.7 Å². The SMILES string of the molecule is Cc1c(NN)nc(C(C)C)nc1Oc1cncc(Br)c1. The average molecular weight is 338 g/mol. The van der Waals surface area contributed by atoms with Crippen molar-refractivity contribution in [1.82, 2.24) is 15.0 Å². The summed E-state index contributed by atoms with van der Waals surface area (Å²) >= 11 is 3.35. The van der Waals surface area contributed by atoms with Crippen molar-refractivity contribution in [3.63, 3.8) is 0 Å². The molecule has 0 radical (unpaired) electrons. The molecule has 6 nitrogen and oxygen atoms in total. The molecule has 0 saturated heterocycles. The number of hydrogen-bond acceptors (Lipinski definition) is 6. The van der Waals surface area contributed by atoms with Crippen molar-refractivity contribution in [3.05, 3.63) is 34.3 Å². The van der Waals surface area contributed by atoms with Gasteiger partial charge in [0.25, 0.3) is 0 Å². The number of nitrogens with two attached hydrogens (primary N) is 1. The van der Waals surface area contributed by atoms with E-state index >= 15 is 0 Å². The molecule has 0 aromatic carbocycles. The number of ether oxygens (including phenoxy) is 1. The number of hydrazine groups is 1. The highest BCUT2D eigenvalue weighted by Crippen LogP contribution is 2.29. The van der Waals surface area contributed by atoms with Gasteiger partial charge in [-0.2, -0.15) is 4.98 Å². The summed E-state index contributed by atoms with van der Waals surface area (Å²) in [5, 5.41) is 0. The van der Waals surface area contributed by atoms with Crippen LogP contribution in [0.5, 0.6) is 11.6 Å². The second-order valence-corrected chi connectivity index (χ2v) is 5.52. The van der Waals surface area contributed by atoms with Crippen molar-refractivity contribution in [1.29, 1.82) is 0 Å². The molecule has 0 saturated carbocycles. The Morgan fingerprint density at radius 2 is 2.05 bits per heavy atom. The van der Waals surface area contributed by atoms with Gasteiger partial charge in [-0.1, -0.05) is 13.8 Å². The molecule has 2 rings (SSSR count). The number of pyridine rings is 1. The fourth-order valence-electron chi connectivity index (χ4n) is 1.57. The van der Waals surface area contributed by atoms with E-state index in [4.69, 9.17) is 10.6 Å². The maximum absolute atomic E-state index is 5.78. The van der Waals surface area contributed by atoms with Crippen molar-refractivity contribution in [3.8, 4) is 11.6 Å². The Morgan fingerprint density at radius 3 is 2.65 bits per heavy atom. The van der Waals surface area contributed by atoms with E-state index in [0.717, 1.165) is 10.0 Å². The lowest BCUT2D eigenvalue weighted by molar-refractivity contribution is 0.451. The summed E-state index contributed by atoms with van der Waals surface area (Å²) in [7, 11) is 0. The van der Waals surface area contributed by atoms with Crippen LogP contribution >= 0.6 is 15.9 Å². The van der Waals surface area contributed by atoms with Crippen LogP contribution in [0.3, 0.4) is 0 Å². The summed E-state index contributed by atoms with van der Waals surface area (Å²) in [6, 6.07) is 1.82. The lowest BCUT2D eigenvalue weighted by Crippen LogP contribution is -2.13. The summed E-state index contributed by atoms with van der Waals surface area (Å²) in [6.45, 7) is 5.87. The minimum absolute atomic E-state index is 0.172. The van der Waals surface area contributed by atoms with E-state index in [1.165, 1.54) is 0 Å². The first-order valence-electron chi connectivity index (χ1n) is 6.14.